The zero-order chi connectivity index (χ0) is 19.1. The zero-order valence-corrected chi connectivity index (χ0v) is 14.5. The van der Waals surface area contributed by atoms with Crippen molar-refractivity contribution >= 4 is 5.91 Å². The van der Waals surface area contributed by atoms with Gasteiger partial charge in [0.2, 0.25) is 5.56 Å². The van der Waals surface area contributed by atoms with Crippen LogP contribution in [0.15, 0.2) is 35.1 Å². The van der Waals surface area contributed by atoms with Gasteiger partial charge in [0.25, 0.3) is 5.91 Å². The van der Waals surface area contributed by atoms with Gasteiger partial charge in [0.15, 0.2) is 0 Å². The van der Waals surface area contributed by atoms with Crippen LogP contribution in [0, 0.1) is 18.6 Å². The molecular weight excluding hydrogens is 354 g/mol. The Balaban J connectivity index is 1.68. The number of aromatic nitrogens is 3. The van der Waals surface area contributed by atoms with Gasteiger partial charge < -0.3 is 9.88 Å². The average Bonchev–Trinajstić information content (AvgIpc) is 3.03. The minimum absolute atomic E-state index is 0.176. The number of H-pyrrole nitrogens is 2. The van der Waals surface area contributed by atoms with Crippen LogP contribution in [0.1, 0.15) is 27.3 Å². The van der Waals surface area contributed by atoms with Gasteiger partial charge in [-0.2, -0.15) is 5.10 Å². The SMILES string of the molecule is Cc1cc(C(=O)N2CCc3[nH]nc(-c4ccc(F)cc4F)c3C2)cc(=O)[nH]1. The lowest BCUT2D eigenvalue weighted by Gasteiger charge is -2.27. The highest BCUT2D eigenvalue weighted by atomic mass is 19.1. The van der Waals surface area contributed by atoms with Crippen LogP contribution >= 0.6 is 0 Å². The highest BCUT2D eigenvalue weighted by Crippen LogP contribution is 2.30. The molecule has 1 aliphatic heterocycles. The van der Waals surface area contributed by atoms with E-state index in [1.54, 1.807) is 17.9 Å². The Morgan fingerprint density at radius 1 is 1.22 bits per heavy atom. The van der Waals surface area contributed by atoms with Crippen LogP contribution in [0.2, 0.25) is 0 Å². The number of nitrogens with zero attached hydrogens (tertiary/aromatic N) is 2. The third kappa shape index (κ3) is 3.14. The fourth-order valence-electron chi connectivity index (χ4n) is 3.36. The maximum absolute atomic E-state index is 14.2. The molecule has 8 heteroatoms. The Hall–Kier alpha value is -3.29. The Kier molecular flexibility index (Phi) is 4.10. The summed E-state index contributed by atoms with van der Waals surface area (Å²) in [4.78, 5) is 28.7. The van der Waals surface area contributed by atoms with Crippen molar-refractivity contribution in [3.05, 3.63) is 74.8 Å². The Morgan fingerprint density at radius 2 is 2.04 bits per heavy atom. The van der Waals surface area contributed by atoms with Crippen molar-refractivity contribution in [3.63, 3.8) is 0 Å². The van der Waals surface area contributed by atoms with Crippen molar-refractivity contribution < 1.29 is 13.6 Å². The molecule has 2 aromatic heterocycles. The maximum atomic E-state index is 14.2. The van der Waals surface area contributed by atoms with Gasteiger partial charge in [-0.1, -0.05) is 0 Å². The molecular formula is C19H16F2N4O2. The minimum Gasteiger partial charge on any atom is -0.334 e. The molecule has 27 heavy (non-hydrogen) atoms. The van der Waals surface area contributed by atoms with Crippen molar-refractivity contribution in [2.75, 3.05) is 6.54 Å². The first kappa shape index (κ1) is 17.1. The standard InChI is InChI=1S/C19H16F2N4O2/c1-10-6-11(7-17(26)22-10)19(27)25-5-4-16-14(9-25)18(24-23-16)13-3-2-12(20)8-15(13)21/h2-3,6-8H,4-5,9H2,1H3,(H,22,26)(H,23,24). The van der Waals surface area contributed by atoms with E-state index in [9.17, 15) is 18.4 Å². The molecule has 0 radical (unpaired) electrons. The van der Waals surface area contributed by atoms with Crippen LogP contribution in [-0.2, 0) is 13.0 Å². The van der Waals surface area contributed by atoms with Gasteiger partial charge in [0.1, 0.15) is 17.3 Å². The van der Waals surface area contributed by atoms with E-state index in [0.29, 0.717) is 35.5 Å². The van der Waals surface area contributed by atoms with Gasteiger partial charge in [-0.05, 0) is 25.1 Å². The fraction of sp³-hybridized carbons (Fsp3) is 0.211. The smallest absolute Gasteiger partial charge is 0.254 e. The van der Waals surface area contributed by atoms with Crippen molar-refractivity contribution in [2.24, 2.45) is 0 Å². The number of benzene rings is 1. The molecule has 0 unspecified atom stereocenters. The van der Waals surface area contributed by atoms with Gasteiger partial charge >= 0.3 is 0 Å². The Labute approximate surface area is 152 Å². The van der Waals surface area contributed by atoms with Gasteiger partial charge in [0, 0.05) is 59.7 Å². The molecule has 138 valence electrons. The first-order chi connectivity index (χ1) is 12.9. The van der Waals surface area contributed by atoms with Gasteiger partial charge in [-0.3, -0.25) is 14.7 Å². The third-order valence-corrected chi connectivity index (χ3v) is 4.63. The fourth-order valence-corrected chi connectivity index (χ4v) is 3.36. The second-order valence-electron chi connectivity index (χ2n) is 6.55. The van der Waals surface area contributed by atoms with E-state index >= 15 is 0 Å². The predicted molar refractivity (Wildman–Crippen MR) is 94.2 cm³/mol. The topological polar surface area (TPSA) is 81.8 Å². The quantitative estimate of drug-likeness (QED) is 0.727. The number of nitrogens with one attached hydrogen (secondary N) is 2. The van der Waals surface area contributed by atoms with E-state index in [4.69, 9.17) is 0 Å². The molecule has 0 bridgehead atoms. The number of aryl methyl sites for hydroxylation is 1. The van der Waals surface area contributed by atoms with Crippen LogP contribution in [0.25, 0.3) is 11.3 Å². The molecule has 1 aliphatic rings. The Bertz CT molecular complexity index is 1100. The van der Waals surface area contributed by atoms with E-state index in [1.807, 2.05) is 0 Å². The van der Waals surface area contributed by atoms with Crippen LogP contribution in [-0.4, -0.2) is 32.5 Å². The van der Waals surface area contributed by atoms with E-state index < -0.39 is 11.6 Å². The summed E-state index contributed by atoms with van der Waals surface area (Å²) in [5.74, 6) is -1.65. The first-order valence-electron chi connectivity index (χ1n) is 8.44. The van der Waals surface area contributed by atoms with Gasteiger partial charge in [-0.25, -0.2) is 8.78 Å². The lowest BCUT2D eigenvalue weighted by Crippen LogP contribution is -2.36. The summed E-state index contributed by atoms with van der Waals surface area (Å²) in [6, 6.07) is 6.20. The van der Waals surface area contributed by atoms with Crippen LogP contribution in [0.3, 0.4) is 0 Å². The Morgan fingerprint density at radius 3 is 2.78 bits per heavy atom. The summed E-state index contributed by atoms with van der Waals surface area (Å²) in [7, 11) is 0. The molecule has 0 saturated carbocycles. The summed E-state index contributed by atoms with van der Waals surface area (Å²) < 4.78 is 27.4. The van der Waals surface area contributed by atoms with Crippen LogP contribution in [0.5, 0.6) is 0 Å². The molecule has 1 amide bonds. The molecule has 0 aliphatic carbocycles. The molecule has 0 fully saturated rings. The average molecular weight is 370 g/mol. The van der Waals surface area contributed by atoms with E-state index in [1.165, 1.54) is 18.2 Å². The van der Waals surface area contributed by atoms with E-state index in [0.717, 1.165) is 11.8 Å². The summed E-state index contributed by atoms with van der Waals surface area (Å²) in [5, 5.41) is 7.05. The van der Waals surface area contributed by atoms with Gasteiger partial charge in [-0.15, -0.1) is 0 Å². The van der Waals surface area contributed by atoms with Crippen molar-refractivity contribution in [2.45, 2.75) is 19.9 Å². The first-order valence-corrected chi connectivity index (χ1v) is 8.44. The molecule has 0 saturated heterocycles. The molecule has 0 spiro atoms. The highest BCUT2D eigenvalue weighted by molar-refractivity contribution is 5.94. The summed E-state index contributed by atoms with van der Waals surface area (Å²) >= 11 is 0. The van der Waals surface area contributed by atoms with E-state index in [2.05, 4.69) is 15.2 Å². The maximum Gasteiger partial charge on any atom is 0.254 e. The number of aromatic amines is 2. The molecule has 3 aromatic rings. The number of rotatable bonds is 2. The summed E-state index contributed by atoms with van der Waals surface area (Å²) in [6.07, 6.45) is 0.527. The number of carbonyl (C=O) groups is 1. The van der Waals surface area contributed by atoms with E-state index in [-0.39, 0.29) is 23.6 Å². The molecule has 4 rings (SSSR count). The monoisotopic (exact) mass is 370 g/mol. The number of carbonyl (C=O) groups excluding carboxylic acids is 1. The van der Waals surface area contributed by atoms with Gasteiger partial charge in [0.05, 0.1) is 0 Å². The number of halogens is 2. The summed E-state index contributed by atoms with van der Waals surface area (Å²) in [6.45, 7) is 2.38. The van der Waals surface area contributed by atoms with Crippen molar-refractivity contribution in [1.82, 2.24) is 20.1 Å². The number of amides is 1. The lowest BCUT2D eigenvalue weighted by atomic mass is 10.00. The largest absolute Gasteiger partial charge is 0.334 e. The van der Waals surface area contributed by atoms with Crippen LogP contribution in [0.4, 0.5) is 8.78 Å². The molecule has 2 N–H and O–H groups in total. The number of fused-ring (bicyclic) bond motifs is 1. The highest BCUT2D eigenvalue weighted by Gasteiger charge is 2.27. The second-order valence-corrected chi connectivity index (χ2v) is 6.55. The zero-order valence-electron chi connectivity index (χ0n) is 14.5. The predicted octanol–water partition coefficient (Wildman–Crippen LogP) is 2.55. The third-order valence-electron chi connectivity index (χ3n) is 4.63. The number of hydrogen-bond acceptors (Lipinski definition) is 3. The molecule has 3 heterocycles. The van der Waals surface area contributed by atoms with Crippen LogP contribution < -0.4 is 5.56 Å². The lowest BCUT2D eigenvalue weighted by molar-refractivity contribution is 0.0734. The number of pyridine rings is 1. The summed E-state index contributed by atoms with van der Waals surface area (Å²) in [5.41, 5.74) is 2.62. The molecule has 0 atom stereocenters. The number of hydrogen-bond donors (Lipinski definition) is 2. The van der Waals surface area contributed by atoms with Crippen molar-refractivity contribution in [1.29, 1.82) is 0 Å². The second kappa shape index (κ2) is 6.46. The molecule has 6 nitrogen and oxygen atoms in total. The van der Waals surface area contributed by atoms with Crippen molar-refractivity contribution in [3.8, 4) is 11.3 Å². The molecule has 1 aromatic carbocycles. The normalized spacial score (nSPS) is 13.5. The minimum atomic E-state index is -0.710.